The van der Waals surface area contributed by atoms with Crippen LogP contribution in [0.15, 0.2) is 30.5 Å². The van der Waals surface area contributed by atoms with Crippen molar-refractivity contribution in [1.29, 1.82) is 0 Å². The molecule has 0 N–H and O–H groups in total. The summed E-state index contributed by atoms with van der Waals surface area (Å²) in [5.41, 5.74) is 0.444. The van der Waals surface area contributed by atoms with E-state index in [1.54, 1.807) is 6.07 Å². The lowest BCUT2D eigenvalue weighted by Gasteiger charge is -2.12. The summed E-state index contributed by atoms with van der Waals surface area (Å²) in [6.45, 7) is 0.920. The molecule has 0 aliphatic carbocycles. The number of aromatic nitrogens is 2. The third kappa shape index (κ3) is 2.57. The molecule has 0 atom stereocenters. The molecule has 1 aromatic carbocycles. The van der Waals surface area contributed by atoms with Gasteiger partial charge in [-0.15, -0.1) is 0 Å². The van der Waals surface area contributed by atoms with Crippen molar-refractivity contribution in [2.24, 2.45) is 0 Å². The zero-order valence-corrected chi connectivity index (χ0v) is 11.0. The van der Waals surface area contributed by atoms with Crippen LogP contribution in [0.2, 0.25) is 0 Å². The molecule has 2 aromatic rings. The molecule has 0 saturated carbocycles. The first kappa shape index (κ1) is 13.2. The Hall–Kier alpha value is -1.78. The molecule has 1 aromatic heterocycles. The minimum absolute atomic E-state index is 0.232. The van der Waals surface area contributed by atoms with Crippen molar-refractivity contribution in [1.82, 2.24) is 9.55 Å². The molecule has 0 amide bonds. The molecule has 0 fully saturated rings. The zero-order chi connectivity index (χ0) is 14.2. The third-order valence-corrected chi connectivity index (χ3v) is 3.65. The summed E-state index contributed by atoms with van der Waals surface area (Å²) in [5.74, 6) is 0.996. The number of hydrogen-bond acceptors (Lipinski definition) is 1. The summed E-state index contributed by atoms with van der Waals surface area (Å²) in [5, 5.41) is 0. The minimum Gasteiger partial charge on any atom is -0.335 e. The average molecular weight is 280 g/mol. The highest BCUT2D eigenvalue weighted by molar-refractivity contribution is 5.32. The van der Waals surface area contributed by atoms with E-state index in [0.29, 0.717) is 0 Å². The van der Waals surface area contributed by atoms with Crippen LogP contribution in [0.25, 0.3) is 0 Å². The molecule has 106 valence electrons. The number of benzene rings is 1. The van der Waals surface area contributed by atoms with Crippen LogP contribution in [0.3, 0.4) is 0 Å². The quantitative estimate of drug-likeness (QED) is 0.817. The van der Waals surface area contributed by atoms with Gasteiger partial charge < -0.3 is 4.57 Å². The first-order valence-corrected chi connectivity index (χ1v) is 6.74. The number of aryl methyl sites for hydroxylation is 2. The van der Waals surface area contributed by atoms with E-state index in [1.165, 1.54) is 12.1 Å². The molecule has 0 bridgehead atoms. The Morgan fingerprint density at radius 2 is 1.95 bits per heavy atom. The number of nitrogens with zero attached hydrogens (tertiary/aromatic N) is 2. The Morgan fingerprint density at radius 1 is 1.15 bits per heavy atom. The topological polar surface area (TPSA) is 17.8 Å². The number of hydrogen-bond donors (Lipinski definition) is 0. The van der Waals surface area contributed by atoms with Crippen molar-refractivity contribution in [2.45, 2.75) is 38.4 Å². The highest BCUT2D eigenvalue weighted by atomic mass is 19.4. The molecule has 2 nitrogen and oxygen atoms in total. The van der Waals surface area contributed by atoms with E-state index < -0.39 is 11.7 Å². The Bertz CT molecular complexity index is 590. The molecule has 0 unspecified atom stereocenters. The molecular weight excluding hydrogens is 265 g/mol. The predicted molar refractivity (Wildman–Crippen MR) is 69.4 cm³/mol. The first-order valence-electron chi connectivity index (χ1n) is 6.74. The van der Waals surface area contributed by atoms with Crippen molar-refractivity contribution < 1.29 is 13.2 Å². The summed E-state index contributed by atoms with van der Waals surface area (Å²) in [7, 11) is 0. The maximum absolute atomic E-state index is 13.0. The van der Waals surface area contributed by atoms with Crippen molar-refractivity contribution >= 4 is 0 Å². The van der Waals surface area contributed by atoms with Crippen LogP contribution in [0.5, 0.6) is 0 Å². The number of imidazole rings is 1. The molecule has 5 heteroatoms. The van der Waals surface area contributed by atoms with Crippen molar-refractivity contribution in [2.75, 3.05) is 0 Å². The lowest BCUT2D eigenvalue weighted by atomic mass is 10.0. The second-order valence-electron chi connectivity index (χ2n) is 5.13. The maximum Gasteiger partial charge on any atom is 0.416 e. The Balaban J connectivity index is 1.90. The number of halogens is 3. The first-order chi connectivity index (χ1) is 9.54. The van der Waals surface area contributed by atoms with Gasteiger partial charge in [-0.05, 0) is 24.5 Å². The minimum atomic E-state index is -4.31. The molecule has 0 radical (unpaired) electrons. The van der Waals surface area contributed by atoms with Gasteiger partial charge in [0.1, 0.15) is 5.82 Å². The fourth-order valence-electron chi connectivity index (χ4n) is 2.70. The van der Waals surface area contributed by atoms with Crippen LogP contribution >= 0.6 is 0 Å². The van der Waals surface area contributed by atoms with Gasteiger partial charge in [0.05, 0.1) is 11.3 Å². The van der Waals surface area contributed by atoms with Crippen LogP contribution in [0.4, 0.5) is 13.2 Å². The fourth-order valence-corrected chi connectivity index (χ4v) is 2.70. The Labute approximate surface area is 115 Å². The summed E-state index contributed by atoms with van der Waals surface area (Å²) < 4.78 is 40.9. The van der Waals surface area contributed by atoms with Crippen molar-refractivity contribution in [3.05, 3.63) is 53.1 Å². The number of rotatable bonds is 2. The lowest BCUT2D eigenvalue weighted by molar-refractivity contribution is -0.138. The molecule has 1 aliphatic rings. The smallest absolute Gasteiger partial charge is 0.335 e. The normalized spacial score (nSPS) is 15.2. The van der Waals surface area contributed by atoms with Crippen LogP contribution in [-0.4, -0.2) is 9.55 Å². The Morgan fingerprint density at radius 3 is 2.70 bits per heavy atom. The van der Waals surface area contributed by atoms with Gasteiger partial charge in [-0.25, -0.2) is 4.98 Å². The highest BCUT2D eigenvalue weighted by Crippen LogP contribution is 2.32. The third-order valence-electron chi connectivity index (χ3n) is 3.65. The fraction of sp³-hybridized carbons (Fsp3) is 0.400. The van der Waals surface area contributed by atoms with Gasteiger partial charge in [0.2, 0.25) is 0 Å². The average Bonchev–Trinajstić information content (AvgIpc) is 2.80. The van der Waals surface area contributed by atoms with E-state index in [2.05, 4.69) is 9.55 Å². The van der Waals surface area contributed by atoms with Crippen LogP contribution in [0, 0.1) is 0 Å². The molecule has 3 rings (SSSR count). The van der Waals surface area contributed by atoms with Gasteiger partial charge >= 0.3 is 6.18 Å². The number of fused-ring (bicyclic) bond motifs is 1. The van der Waals surface area contributed by atoms with E-state index in [-0.39, 0.29) is 12.0 Å². The van der Waals surface area contributed by atoms with Gasteiger partial charge in [0, 0.05) is 25.6 Å². The van der Waals surface area contributed by atoms with Crippen LogP contribution in [-0.2, 0) is 25.6 Å². The standard InChI is InChI=1S/C15H15F3N2/c16-15(17,18)13-6-2-1-5-11(13)9-12-10-20-8-4-3-7-14(20)19-12/h1-2,5-6,10H,3-4,7-9H2. The second kappa shape index (κ2) is 4.96. The molecule has 20 heavy (non-hydrogen) atoms. The van der Waals surface area contributed by atoms with Crippen LogP contribution < -0.4 is 0 Å². The maximum atomic E-state index is 13.0. The molecular formula is C15H15F3N2. The van der Waals surface area contributed by atoms with Gasteiger partial charge in [0.15, 0.2) is 0 Å². The van der Waals surface area contributed by atoms with Crippen LogP contribution in [0.1, 0.15) is 35.5 Å². The van der Waals surface area contributed by atoms with E-state index in [9.17, 15) is 13.2 Å². The SMILES string of the molecule is FC(F)(F)c1ccccc1Cc1cn2c(n1)CCCC2. The zero-order valence-electron chi connectivity index (χ0n) is 11.0. The van der Waals surface area contributed by atoms with Gasteiger partial charge in [-0.3, -0.25) is 0 Å². The van der Waals surface area contributed by atoms with Crippen molar-refractivity contribution in [3.63, 3.8) is 0 Å². The monoisotopic (exact) mass is 280 g/mol. The summed E-state index contributed by atoms with van der Waals surface area (Å²) in [6, 6.07) is 5.72. The molecule has 1 aliphatic heterocycles. The highest BCUT2D eigenvalue weighted by Gasteiger charge is 2.33. The Kier molecular flexibility index (Phi) is 3.28. The lowest BCUT2D eigenvalue weighted by Crippen LogP contribution is -2.09. The largest absolute Gasteiger partial charge is 0.416 e. The van der Waals surface area contributed by atoms with Crippen molar-refractivity contribution in [3.8, 4) is 0 Å². The van der Waals surface area contributed by atoms with E-state index in [4.69, 9.17) is 0 Å². The van der Waals surface area contributed by atoms with E-state index in [1.807, 2.05) is 6.20 Å². The summed E-state index contributed by atoms with van der Waals surface area (Å²) >= 11 is 0. The molecule has 0 spiro atoms. The van der Waals surface area contributed by atoms with Gasteiger partial charge in [0.25, 0.3) is 0 Å². The second-order valence-corrected chi connectivity index (χ2v) is 5.13. The summed E-state index contributed by atoms with van der Waals surface area (Å²) in [4.78, 5) is 4.46. The van der Waals surface area contributed by atoms with Gasteiger partial charge in [-0.1, -0.05) is 18.2 Å². The predicted octanol–water partition coefficient (Wildman–Crippen LogP) is 3.83. The van der Waals surface area contributed by atoms with E-state index in [0.717, 1.165) is 43.4 Å². The number of alkyl halides is 3. The van der Waals surface area contributed by atoms with E-state index >= 15 is 0 Å². The molecule has 0 saturated heterocycles. The summed E-state index contributed by atoms with van der Waals surface area (Å²) in [6.07, 6.45) is 0.950. The van der Waals surface area contributed by atoms with Gasteiger partial charge in [-0.2, -0.15) is 13.2 Å². The molecule has 2 heterocycles.